The number of nitrogens with zero attached hydrogens (tertiary/aromatic N) is 3. The summed E-state index contributed by atoms with van der Waals surface area (Å²) in [7, 11) is 0. The Balaban J connectivity index is 1.76. The van der Waals surface area contributed by atoms with E-state index in [2.05, 4.69) is 34.6 Å². The van der Waals surface area contributed by atoms with Gasteiger partial charge in [-0.15, -0.1) is 0 Å². The quantitative estimate of drug-likeness (QED) is 0.879. The van der Waals surface area contributed by atoms with Crippen molar-refractivity contribution in [2.75, 3.05) is 25.1 Å². The van der Waals surface area contributed by atoms with E-state index in [-0.39, 0.29) is 18.0 Å². The molecule has 1 aliphatic heterocycles. The predicted molar refractivity (Wildman–Crippen MR) is 79.2 cm³/mol. The van der Waals surface area contributed by atoms with Gasteiger partial charge in [0.05, 0.1) is 31.3 Å². The molecular weight excluding hydrogens is 270 g/mol. The van der Waals surface area contributed by atoms with Gasteiger partial charge in [0.15, 0.2) is 5.65 Å². The fraction of sp³-hybridized carbons (Fsp3) is 0.500. The second kappa shape index (κ2) is 5.79. The fourth-order valence-electron chi connectivity index (χ4n) is 2.35. The van der Waals surface area contributed by atoms with Crippen molar-refractivity contribution in [1.82, 2.24) is 20.1 Å². The van der Waals surface area contributed by atoms with Gasteiger partial charge >= 0.3 is 0 Å². The number of aromatic nitrogens is 3. The van der Waals surface area contributed by atoms with Gasteiger partial charge in [0.25, 0.3) is 0 Å². The van der Waals surface area contributed by atoms with Crippen LogP contribution in [0.1, 0.15) is 19.9 Å². The van der Waals surface area contributed by atoms with Crippen LogP contribution >= 0.6 is 0 Å². The zero-order valence-corrected chi connectivity index (χ0v) is 12.2. The third kappa shape index (κ3) is 2.88. The van der Waals surface area contributed by atoms with Gasteiger partial charge in [-0.1, -0.05) is 0 Å². The van der Waals surface area contributed by atoms with Gasteiger partial charge in [-0.05, 0) is 19.9 Å². The van der Waals surface area contributed by atoms with Gasteiger partial charge in [-0.2, -0.15) is 5.10 Å². The summed E-state index contributed by atoms with van der Waals surface area (Å²) in [5.74, 6) is -0.105. The third-order valence-corrected chi connectivity index (χ3v) is 3.43. The number of anilines is 1. The molecule has 0 radical (unpaired) electrons. The van der Waals surface area contributed by atoms with Gasteiger partial charge in [0, 0.05) is 18.0 Å². The minimum Gasteiger partial charge on any atom is -0.378 e. The molecule has 3 rings (SSSR count). The molecule has 112 valence electrons. The van der Waals surface area contributed by atoms with E-state index in [1.54, 1.807) is 12.4 Å². The number of hydrogen-bond donors (Lipinski definition) is 2. The van der Waals surface area contributed by atoms with Crippen molar-refractivity contribution < 1.29 is 9.53 Å². The zero-order valence-electron chi connectivity index (χ0n) is 12.2. The molecule has 2 aromatic heterocycles. The van der Waals surface area contributed by atoms with Crippen LogP contribution in [0, 0.1) is 0 Å². The van der Waals surface area contributed by atoms with E-state index in [1.807, 2.05) is 10.7 Å². The first kappa shape index (κ1) is 14.0. The Hall–Kier alpha value is -1.99. The molecule has 1 atom stereocenters. The second-order valence-electron chi connectivity index (χ2n) is 5.39. The summed E-state index contributed by atoms with van der Waals surface area (Å²) < 4.78 is 7.15. The molecule has 2 N–H and O–H groups in total. The Morgan fingerprint density at radius 1 is 1.52 bits per heavy atom. The summed E-state index contributed by atoms with van der Waals surface area (Å²) in [5, 5.41) is 11.2. The van der Waals surface area contributed by atoms with Crippen LogP contribution in [-0.4, -0.2) is 46.5 Å². The van der Waals surface area contributed by atoms with Crippen molar-refractivity contribution in [3.8, 4) is 0 Å². The average molecular weight is 289 g/mol. The first-order valence-electron chi connectivity index (χ1n) is 7.10. The lowest BCUT2D eigenvalue weighted by atomic mass is 10.2. The molecule has 0 saturated carbocycles. The number of amides is 1. The Kier molecular flexibility index (Phi) is 3.85. The van der Waals surface area contributed by atoms with Crippen molar-refractivity contribution in [1.29, 1.82) is 0 Å². The van der Waals surface area contributed by atoms with Gasteiger partial charge < -0.3 is 15.4 Å². The van der Waals surface area contributed by atoms with Gasteiger partial charge in [-0.25, -0.2) is 9.67 Å². The largest absolute Gasteiger partial charge is 0.378 e. The highest BCUT2D eigenvalue weighted by Gasteiger charge is 2.21. The predicted octanol–water partition coefficient (Wildman–Crippen LogP) is 0.939. The Morgan fingerprint density at radius 2 is 2.38 bits per heavy atom. The highest BCUT2D eigenvalue weighted by Crippen LogP contribution is 2.19. The van der Waals surface area contributed by atoms with Gasteiger partial charge in [-0.3, -0.25) is 4.79 Å². The SMILES string of the molecule is CC(C)n1ncc2cc(NC(=O)C3COCCN3)cnc21. The highest BCUT2D eigenvalue weighted by molar-refractivity contribution is 5.96. The van der Waals surface area contributed by atoms with Crippen molar-refractivity contribution in [2.45, 2.75) is 25.9 Å². The number of hydrogen-bond acceptors (Lipinski definition) is 5. The first-order valence-corrected chi connectivity index (χ1v) is 7.10. The number of ether oxygens (including phenoxy) is 1. The molecule has 1 amide bonds. The number of nitrogens with one attached hydrogen (secondary N) is 2. The molecule has 21 heavy (non-hydrogen) atoms. The van der Waals surface area contributed by atoms with E-state index in [9.17, 15) is 4.79 Å². The zero-order chi connectivity index (χ0) is 14.8. The van der Waals surface area contributed by atoms with Crippen LogP contribution in [0.25, 0.3) is 11.0 Å². The number of morpholine rings is 1. The molecular formula is C14H19N5O2. The van der Waals surface area contributed by atoms with E-state index >= 15 is 0 Å². The summed E-state index contributed by atoms with van der Waals surface area (Å²) in [4.78, 5) is 16.5. The van der Waals surface area contributed by atoms with Gasteiger partial charge in [0.1, 0.15) is 6.04 Å². The van der Waals surface area contributed by atoms with Crippen LogP contribution < -0.4 is 10.6 Å². The maximum Gasteiger partial charge on any atom is 0.243 e. The molecule has 0 spiro atoms. The molecule has 1 aliphatic rings. The maximum absolute atomic E-state index is 12.1. The molecule has 1 fully saturated rings. The molecule has 7 heteroatoms. The normalized spacial score (nSPS) is 19.1. The number of carbonyl (C=O) groups excluding carboxylic acids is 1. The summed E-state index contributed by atoms with van der Waals surface area (Å²) in [6, 6.07) is 1.82. The van der Waals surface area contributed by atoms with E-state index in [4.69, 9.17) is 4.74 Å². The number of fused-ring (bicyclic) bond motifs is 1. The maximum atomic E-state index is 12.1. The average Bonchev–Trinajstić information content (AvgIpc) is 2.91. The second-order valence-corrected chi connectivity index (χ2v) is 5.39. The summed E-state index contributed by atoms with van der Waals surface area (Å²) in [6.45, 7) is 5.84. The number of pyridine rings is 1. The van der Waals surface area contributed by atoms with E-state index < -0.39 is 0 Å². The lowest BCUT2D eigenvalue weighted by Crippen LogP contribution is -2.48. The smallest absolute Gasteiger partial charge is 0.243 e. The fourth-order valence-corrected chi connectivity index (χ4v) is 2.35. The number of rotatable bonds is 3. The molecule has 2 aromatic rings. The minimum atomic E-state index is -0.312. The van der Waals surface area contributed by atoms with Crippen molar-refractivity contribution in [3.05, 3.63) is 18.5 Å². The van der Waals surface area contributed by atoms with Crippen molar-refractivity contribution >= 4 is 22.6 Å². The molecule has 1 unspecified atom stereocenters. The van der Waals surface area contributed by atoms with Crippen molar-refractivity contribution in [3.63, 3.8) is 0 Å². The standard InChI is InChI=1S/C14H19N5O2/c1-9(2)19-13-10(6-17-19)5-11(7-16-13)18-14(20)12-8-21-4-3-15-12/h5-7,9,12,15H,3-4,8H2,1-2H3,(H,18,20). The van der Waals surface area contributed by atoms with E-state index in [0.717, 1.165) is 11.0 Å². The Bertz CT molecular complexity index is 646. The van der Waals surface area contributed by atoms with Crippen LogP contribution in [0.3, 0.4) is 0 Å². The van der Waals surface area contributed by atoms with Gasteiger partial charge in [0.2, 0.25) is 5.91 Å². The van der Waals surface area contributed by atoms with Crippen molar-refractivity contribution in [2.24, 2.45) is 0 Å². The topological polar surface area (TPSA) is 81.1 Å². The van der Waals surface area contributed by atoms with E-state index in [1.165, 1.54) is 0 Å². The van der Waals surface area contributed by atoms with E-state index in [0.29, 0.717) is 25.4 Å². The summed E-state index contributed by atoms with van der Waals surface area (Å²) in [6.07, 6.45) is 3.42. The summed E-state index contributed by atoms with van der Waals surface area (Å²) in [5.41, 5.74) is 1.49. The Labute approximate surface area is 122 Å². The molecule has 0 aromatic carbocycles. The summed E-state index contributed by atoms with van der Waals surface area (Å²) >= 11 is 0. The molecule has 0 aliphatic carbocycles. The highest BCUT2D eigenvalue weighted by atomic mass is 16.5. The molecule has 7 nitrogen and oxygen atoms in total. The third-order valence-electron chi connectivity index (χ3n) is 3.43. The minimum absolute atomic E-state index is 0.105. The Morgan fingerprint density at radius 3 is 3.10 bits per heavy atom. The molecule has 3 heterocycles. The van der Waals surface area contributed by atoms with Crippen LogP contribution in [0.15, 0.2) is 18.5 Å². The van der Waals surface area contributed by atoms with Crippen LogP contribution in [0.2, 0.25) is 0 Å². The number of carbonyl (C=O) groups is 1. The van der Waals surface area contributed by atoms with Crippen LogP contribution in [0.4, 0.5) is 5.69 Å². The van der Waals surface area contributed by atoms with Crippen LogP contribution in [0.5, 0.6) is 0 Å². The van der Waals surface area contributed by atoms with Crippen LogP contribution in [-0.2, 0) is 9.53 Å². The first-order chi connectivity index (χ1) is 10.1. The monoisotopic (exact) mass is 289 g/mol. The molecule has 0 bridgehead atoms. The lowest BCUT2D eigenvalue weighted by Gasteiger charge is -2.22. The lowest BCUT2D eigenvalue weighted by molar-refractivity contribution is -0.120. The molecule has 1 saturated heterocycles.